The third-order valence-electron chi connectivity index (χ3n) is 12.1. The minimum Gasteiger partial charge on any atom is -0.455 e. The first-order valence-electron chi connectivity index (χ1n) is 18.2. The quantitative estimate of drug-likeness (QED) is 0.133. The van der Waals surface area contributed by atoms with Crippen molar-refractivity contribution in [3.8, 4) is 0 Å². The molecular formula is C34H73N2O5Si3+. The summed E-state index contributed by atoms with van der Waals surface area (Å²) in [7, 11) is 3.01. The molecule has 0 heterocycles. The van der Waals surface area contributed by atoms with E-state index in [1.54, 1.807) is 0 Å². The van der Waals surface area contributed by atoms with Crippen molar-refractivity contribution in [2.75, 3.05) is 28.2 Å². The minimum absolute atomic E-state index is 0.159. The average Bonchev–Trinajstić information content (AvgIpc) is 2.89. The van der Waals surface area contributed by atoms with Gasteiger partial charge in [-0.15, -0.1) is 0 Å². The molecule has 0 aliphatic heterocycles. The lowest BCUT2D eigenvalue weighted by Crippen LogP contribution is -2.65. The van der Waals surface area contributed by atoms with Crippen LogP contribution in [0.2, 0.25) is 57.4 Å². The monoisotopic (exact) mass is 673 g/mol. The predicted molar refractivity (Wildman–Crippen MR) is 191 cm³/mol. The Labute approximate surface area is 274 Å². The summed E-state index contributed by atoms with van der Waals surface area (Å²) >= 11 is 0. The molecule has 4 N–H and O–H groups in total. The van der Waals surface area contributed by atoms with Crippen molar-refractivity contribution < 1.29 is 28.7 Å². The topological polar surface area (TPSA) is 93.4 Å². The van der Waals surface area contributed by atoms with Crippen LogP contribution in [0.4, 0.5) is 0 Å². The van der Waals surface area contributed by atoms with Crippen molar-refractivity contribution in [2.24, 2.45) is 17.8 Å². The molecule has 0 spiro atoms. The number of aliphatic hydroxyl groups is 3. The standard InChI is InChI=1S/C34H73N2O5Si3/c1-35(2)29-14-11-27(24-33(29)38)18-21-43(7,8)41-44(9,10)22-19-28-12-15-30(34(39)25-28)36(3,4)31-23-26(13-16-32(31)37)17-20-42(5,6)40/h26-34,37-40H,11-25H2,1-10H3/q+1. The van der Waals surface area contributed by atoms with Gasteiger partial charge in [-0.3, -0.25) is 0 Å². The van der Waals surface area contributed by atoms with Crippen LogP contribution in [0.25, 0.3) is 0 Å². The van der Waals surface area contributed by atoms with Crippen molar-refractivity contribution in [1.82, 2.24) is 4.90 Å². The van der Waals surface area contributed by atoms with Crippen molar-refractivity contribution >= 4 is 25.0 Å². The van der Waals surface area contributed by atoms with Crippen LogP contribution in [0.1, 0.15) is 77.0 Å². The summed E-state index contributed by atoms with van der Waals surface area (Å²) in [4.78, 5) is 12.6. The van der Waals surface area contributed by atoms with Crippen molar-refractivity contribution in [3.63, 3.8) is 0 Å². The zero-order valence-corrected chi connectivity index (χ0v) is 33.4. The first kappa shape index (κ1) is 38.8. The molecule has 0 radical (unpaired) electrons. The molecule has 44 heavy (non-hydrogen) atoms. The lowest BCUT2D eigenvalue weighted by Gasteiger charge is -2.52. The first-order chi connectivity index (χ1) is 20.2. The highest BCUT2D eigenvalue weighted by atomic mass is 28.4. The van der Waals surface area contributed by atoms with Crippen LogP contribution in [0.3, 0.4) is 0 Å². The van der Waals surface area contributed by atoms with E-state index in [2.05, 4.69) is 59.3 Å². The Morgan fingerprint density at radius 3 is 1.59 bits per heavy atom. The van der Waals surface area contributed by atoms with Gasteiger partial charge < -0.3 is 33.6 Å². The molecule has 3 aliphatic carbocycles. The predicted octanol–water partition coefficient (Wildman–Crippen LogP) is 6.01. The van der Waals surface area contributed by atoms with E-state index in [4.69, 9.17) is 4.12 Å². The summed E-state index contributed by atoms with van der Waals surface area (Å²) in [6.45, 7) is 13.7. The summed E-state index contributed by atoms with van der Waals surface area (Å²) in [6.07, 6.45) is 11.8. The second-order valence-electron chi connectivity index (χ2n) is 18.1. The van der Waals surface area contributed by atoms with Gasteiger partial charge in [0.15, 0.2) is 25.0 Å². The van der Waals surface area contributed by atoms with E-state index >= 15 is 0 Å². The Balaban J connectivity index is 1.46. The fraction of sp³-hybridized carbons (Fsp3) is 1.00. The number of quaternary nitrogens is 1. The van der Waals surface area contributed by atoms with E-state index in [1.807, 2.05) is 13.1 Å². The number of nitrogens with zero attached hydrogens (tertiary/aromatic N) is 2. The Hall–Kier alpha value is 0.371. The van der Waals surface area contributed by atoms with Gasteiger partial charge >= 0.3 is 0 Å². The molecule has 10 heteroatoms. The summed E-state index contributed by atoms with van der Waals surface area (Å²) < 4.78 is 7.75. The number of hydrogen-bond acceptors (Lipinski definition) is 6. The van der Waals surface area contributed by atoms with E-state index in [0.29, 0.717) is 28.3 Å². The van der Waals surface area contributed by atoms with Gasteiger partial charge in [-0.05, 0) is 134 Å². The molecule has 9 unspecified atom stereocenters. The second kappa shape index (κ2) is 15.7. The number of hydrogen-bond donors (Lipinski definition) is 4. The first-order valence-corrected chi connectivity index (χ1v) is 27.5. The van der Waals surface area contributed by atoms with Crippen LogP contribution in [0, 0.1) is 17.8 Å². The van der Waals surface area contributed by atoms with Gasteiger partial charge in [-0.25, -0.2) is 0 Å². The summed E-state index contributed by atoms with van der Waals surface area (Å²) in [6, 6.07) is 3.91. The van der Waals surface area contributed by atoms with Gasteiger partial charge in [0.1, 0.15) is 24.3 Å². The molecule has 9 atom stereocenters. The van der Waals surface area contributed by atoms with E-state index < -0.39 is 25.0 Å². The van der Waals surface area contributed by atoms with E-state index in [9.17, 15) is 20.1 Å². The lowest BCUT2D eigenvalue weighted by atomic mass is 9.77. The summed E-state index contributed by atoms with van der Waals surface area (Å²) in [5.41, 5.74) is 0. The largest absolute Gasteiger partial charge is 0.455 e. The maximum Gasteiger partial charge on any atom is 0.182 e. The Kier molecular flexibility index (Phi) is 13.9. The van der Waals surface area contributed by atoms with Crippen LogP contribution in [0.5, 0.6) is 0 Å². The van der Waals surface area contributed by atoms with Crippen LogP contribution in [-0.2, 0) is 4.12 Å². The van der Waals surface area contributed by atoms with E-state index in [0.717, 1.165) is 76.3 Å². The molecule has 0 bridgehead atoms. The van der Waals surface area contributed by atoms with Gasteiger partial charge in [-0.2, -0.15) is 0 Å². The fourth-order valence-corrected chi connectivity index (χ4v) is 19.4. The molecule has 3 aliphatic rings. The van der Waals surface area contributed by atoms with E-state index in [-0.39, 0.29) is 30.4 Å². The molecular weight excluding hydrogens is 601 g/mol. The number of rotatable bonds is 14. The van der Waals surface area contributed by atoms with Gasteiger partial charge in [0.2, 0.25) is 0 Å². The van der Waals surface area contributed by atoms with E-state index in [1.165, 1.54) is 18.9 Å². The normalized spacial score (nSPS) is 34.8. The smallest absolute Gasteiger partial charge is 0.182 e. The fourth-order valence-electron chi connectivity index (χ4n) is 9.28. The highest BCUT2D eigenvalue weighted by Crippen LogP contribution is 2.41. The Morgan fingerprint density at radius 1 is 0.614 bits per heavy atom. The molecule has 0 saturated heterocycles. The maximum atomic E-state index is 11.5. The van der Waals surface area contributed by atoms with Crippen molar-refractivity contribution in [1.29, 1.82) is 0 Å². The molecule has 0 aromatic heterocycles. The third kappa shape index (κ3) is 11.5. The van der Waals surface area contributed by atoms with Crippen LogP contribution < -0.4 is 0 Å². The average molecular weight is 674 g/mol. The minimum atomic E-state index is -2.05. The van der Waals surface area contributed by atoms with Gasteiger partial charge in [0.25, 0.3) is 0 Å². The molecule has 0 amide bonds. The Morgan fingerprint density at radius 2 is 1.09 bits per heavy atom. The van der Waals surface area contributed by atoms with Crippen molar-refractivity contribution in [2.45, 2.75) is 171 Å². The van der Waals surface area contributed by atoms with Crippen LogP contribution in [0.15, 0.2) is 0 Å². The maximum absolute atomic E-state index is 11.5. The van der Waals surface area contributed by atoms with Crippen molar-refractivity contribution in [3.05, 3.63) is 0 Å². The molecule has 0 aromatic carbocycles. The molecule has 260 valence electrons. The van der Waals surface area contributed by atoms with Crippen LogP contribution in [-0.4, -0.2) is 119 Å². The number of likely N-dealkylation sites (N-methyl/N-ethyl adjacent to an activating group) is 2. The Bertz CT molecular complexity index is 883. The highest BCUT2D eigenvalue weighted by Gasteiger charge is 2.48. The van der Waals surface area contributed by atoms with Gasteiger partial charge in [0, 0.05) is 18.9 Å². The third-order valence-corrected chi connectivity index (χ3v) is 21.0. The van der Waals surface area contributed by atoms with Crippen LogP contribution >= 0.6 is 0 Å². The molecule has 3 rings (SSSR count). The second-order valence-corrected chi connectivity index (χ2v) is 31.1. The molecule has 7 nitrogen and oxygen atoms in total. The van der Waals surface area contributed by atoms with Gasteiger partial charge in [0.05, 0.1) is 20.2 Å². The number of aliphatic hydroxyl groups excluding tert-OH is 3. The molecule has 3 fully saturated rings. The zero-order valence-electron chi connectivity index (χ0n) is 30.4. The SMILES string of the molecule is CN(C)C1CCC(CC[Si](C)(C)O[Si](C)(C)CCC2CCC([N+](C)(C)C3CC(CC[Si](C)(C)O)CCC3O)C(O)C2)CC1O. The molecule has 0 aromatic rings. The lowest BCUT2D eigenvalue weighted by molar-refractivity contribution is -0.947. The highest BCUT2D eigenvalue weighted by molar-refractivity contribution is 6.84. The summed E-state index contributed by atoms with van der Waals surface area (Å²) in [5, 5.41) is 33.2. The summed E-state index contributed by atoms with van der Waals surface area (Å²) in [5.74, 6) is 1.74. The zero-order chi connectivity index (χ0) is 33.1. The molecule has 3 saturated carbocycles. The van der Waals surface area contributed by atoms with Gasteiger partial charge in [-0.1, -0.05) is 19.3 Å².